The summed E-state index contributed by atoms with van der Waals surface area (Å²) in [5, 5.41) is 2.50. The molecule has 2 nitrogen and oxygen atoms in total. The number of rotatable bonds is 3. The third-order valence-corrected chi connectivity index (χ3v) is 2.12. The smallest absolute Gasteiger partial charge is 0.252 e. The molecule has 0 fully saturated rings. The standard InChI is InChI=1S/C10H11ClFNO/c1-2-6-13-10(14)7-4-3-5-8(12)9(7)11/h3-5H,2,6H2,1H3,(H,13,14). The van der Waals surface area contributed by atoms with Gasteiger partial charge in [-0.2, -0.15) is 0 Å². The summed E-state index contributed by atoms with van der Waals surface area (Å²) in [6, 6.07) is 4.18. The molecule has 4 heteroatoms. The molecule has 76 valence electrons. The zero-order valence-corrected chi connectivity index (χ0v) is 8.57. The molecule has 1 rings (SSSR count). The van der Waals surface area contributed by atoms with Crippen LogP contribution in [-0.4, -0.2) is 12.5 Å². The molecule has 0 saturated heterocycles. The van der Waals surface area contributed by atoms with Crippen molar-refractivity contribution in [3.63, 3.8) is 0 Å². The number of halogens is 2. The maximum Gasteiger partial charge on any atom is 0.252 e. The second-order valence-electron chi connectivity index (χ2n) is 2.86. The van der Waals surface area contributed by atoms with Gasteiger partial charge in [0.2, 0.25) is 0 Å². The Balaban J connectivity index is 2.84. The van der Waals surface area contributed by atoms with Gasteiger partial charge in [-0.15, -0.1) is 0 Å². The summed E-state index contributed by atoms with van der Waals surface area (Å²) in [4.78, 5) is 11.4. The van der Waals surface area contributed by atoms with Crippen molar-refractivity contribution < 1.29 is 9.18 Å². The first-order chi connectivity index (χ1) is 6.66. The Bertz CT molecular complexity index is 341. The molecule has 0 heterocycles. The molecule has 0 aromatic heterocycles. The van der Waals surface area contributed by atoms with Gasteiger partial charge in [-0.25, -0.2) is 4.39 Å². The maximum atomic E-state index is 12.9. The molecule has 0 aliphatic carbocycles. The van der Waals surface area contributed by atoms with Crippen molar-refractivity contribution in [2.24, 2.45) is 0 Å². The Morgan fingerprint density at radius 1 is 1.57 bits per heavy atom. The molecule has 14 heavy (non-hydrogen) atoms. The molecule has 1 aromatic carbocycles. The summed E-state index contributed by atoms with van der Waals surface area (Å²) in [6.45, 7) is 2.50. The maximum absolute atomic E-state index is 12.9. The molecule has 0 bridgehead atoms. The van der Waals surface area contributed by atoms with Crippen molar-refractivity contribution in [3.8, 4) is 0 Å². The van der Waals surface area contributed by atoms with E-state index in [1.807, 2.05) is 6.92 Å². The lowest BCUT2D eigenvalue weighted by atomic mass is 10.2. The fourth-order valence-corrected chi connectivity index (χ4v) is 1.22. The summed E-state index contributed by atoms with van der Waals surface area (Å²) in [5.41, 5.74) is 0.181. The van der Waals surface area contributed by atoms with Crippen LogP contribution in [0.2, 0.25) is 5.02 Å². The van der Waals surface area contributed by atoms with Crippen LogP contribution in [0.25, 0.3) is 0 Å². The quantitative estimate of drug-likeness (QED) is 0.825. The van der Waals surface area contributed by atoms with E-state index in [1.165, 1.54) is 18.2 Å². The highest BCUT2D eigenvalue weighted by Crippen LogP contribution is 2.19. The summed E-state index contributed by atoms with van der Waals surface area (Å²) in [7, 11) is 0. The molecule has 0 unspecified atom stereocenters. The highest BCUT2D eigenvalue weighted by molar-refractivity contribution is 6.34. The minimum atomic E-state index is -0.573. The minimum Gasteiger partial charge on any atom is -0.352 e. The molecule has 1 amide bonds. The van der Waals surface area contributed by atoms with E-state index in [1.54, 1.807) is 0 Å². The van der Waals surface area contributed by atoms with Crippen molar-refractivity contribution in [2.45, 2.75) is 13.3 Å². The Kier molecular flexibility index (Phi) is 3.89. The SMILES string of the molecule is CCCNC(=O)c1cccc(F)c1Cl. The number of carbonyl (C=O) groups is 1. The Morgan fingerprint density at radius 2 is 2.29 bits per heavy atom. The van der Waals surface area contributed by atoms with Gasteiger partial charge in [-0.1, -0.05) is 24.6 Å². The third kappa shape index (κ3) is 2.45. The number of hydrogen-bond donors (Lipinski definition) is 1. The molecule has 0 aliphatic rings. The Labute approximate surface area is 87.1 Å². The molecule has 1 aromatic rings. The van der Waals surface area contributed by atoms with E-state index in [0.717, 1.165) is 6.42 Å². The van der Waals surface area contributed by atoms with Crippen LogP contribution in [0.1, 0.15) is 23.7 Å². The molecular weight excluding hydrogens is 205 g/mol. The number of nitrogens with one attached hydrogen (secondary N) is 1. The van der Waals surface area contributed by atoms with E-state index in [2.05, 4.69) is 5.32 Å². The molecule has 0 saturated carbocycles. The van der Waals surface area contributed by atoms with E-state index in [0.29, 0.717) is 6.54 Å². The average Bonchev–Trinajstić information content (AvgIpc) is 2.18. The van der Waals surface area contributed by atoms with E-state index in [9.17, 15) is 9.18 Å². The van der Waals surface area contributed by atoms with Crippen LogP contribution in [-0.2, 0) is 0 Å². The summed E-state index contributed by atoms with van der Waals surface area (Å²) in [5.74, 6) is -0.910. The van der Waals surface area contributed by atoms with Gasteiger partial charge in [-0.05, 0) is 18.6 Å². The first-order valence-electron chi connectivity index (χ1n) is 4.39. The molecule has 1 N–H and O–H groups in total. The molecule has 0 aliphatic heterocycles. The predicted molar refractivity (Wildman–Crippen MR) is 54.0 cm³/mol. The first-order valence-corrected chi connectivity index (χ1v) is 4.76. The monoisotopic (exact) mass is 215 g/mol. The molecule has 0 spiro atoms. The first kappa shape index (κ1) is 11.0. The van der Waals surface area contributed by atoms with Gasteiger partial charge >= 0.3 is 0 Å². The zero-order chi connectivity index (χ0) is 10.6. The second-order valence-corrected chi connectivity index (χ2v) is 3.24. The van der Waals surface area contributed by atoms with Crippen LogP contribution in [0, 0.1) is 5.82 Å². The Hall–Kier alpha value is -1.09. The highest BCUT2D eigenvalue weighted by atomic mass is 35.5. The second kappa shape index (κ2) is 4.96. The van der Waals surface area contributed by atoms with Gasteiger partial charge in [0.25, 0.3) is 5.91 Å². The van der Waals surface area contributed by atoms with Gasteiger partial charge in [0.1, 0.15) is 5.82 Å². The van der Waals surface area contributed by atoms with Gasteiger partial charge in [-0.3, -0.25) is 4.79 Å². The van der Waals surface area contributed by atoms with E-state index < -0.39 is 5.82 Å². The van der Waals surface area contributed by atoms with Crippen molar-refractivity contribution in [1.82, 2.24) is 5.32 Å². The number of carbonyl (C=O) groups excluding carboxylic acids is 1. The largest absolute Gasteiger partial charge is 0.352 e. The van der Waals surface area contributed by atoms with Crippen molar-refractivity contribution in [1.29, 1.82) is 0 Å². The fourth-order valence-electron chi connectivity index (χ4n) is 1.01. The van der Waals surface area contributed by atoms with Gasteiger partial charge in [0.15, 0.2) is 0 Å². The summed E-state index contributed by atoms with van der Waals surface area (Å²) >= 11 is 5.63. The highest BCUT2D eigenvalue weighted by Gasteiger charge is 2.12. The average molecular weight is 216 g/mol. The Morgan fingerprint density at radius 3 is 2.93 bits per heavy atom. The van der Waals surface area contributed by atoms with Crippen LogP contribution in [0.4, 0.5) is 4.39 Å². The number of hydrogen-bond acceptors (Lipinski definition) is 1. The van der Waals surface area contributed by atoms with Crippen LogP contribution in [0.5, 0.6) is 0 Å². The topological polar surface area (TPSA) is 29.1 Å². The van der Waals surface area contributed by atoms with E-state index >= 15 is 0 Å². The van der Waals surface area contributed by atoms with Crippen molar-refractivity contribution in [3.05, 3.63) is 34.6 Å². The number of amides is 1. The van der Waals surface area contributed by atoms with E-state index in [4.69, 9.17) is 11.6 Å². The molecular formula is C10H11ClFNO. The normalized spacial score (nSPS) is 9.93. The third-order valence-electron chi connectivity index (χ3n) is 1.73. The van der Waals surface area contributed by atoms with E-state index in [-0.39, 0.29) is 16.5 Å². The van der Waals surface area contributed by atoms with Crippen LogP contribution in [0.3, 0.4) is 0 Å². The molecule has 0 radical (unpaired) electrons. The number of benzene rings is 1. The van der Waals surface area contributed by atoms with Crippen molar-refractivity contribution in [2.75, 3.05) is 6.54 Å². The van der Waals surface area contributed by atoms with Gasteiger partial charge in [0, 0.05) is 6.54 Å². The summed E-state index contributed by atoms with van der Waals surface area (Å²) < 4.78 is 12.9. The minimum absolute atomic E-state index is 0.124. The lowest BCUT2D eigenvalue weighted by Crippen LogP contribution is -2.24. The summed E-state index contributed by atoms with van der Waals surface area (Å²) in [6.07, 6.45) is 0.832. The van der Waals surface area contributed by atoms with Gasteiger partial charge < -0.3 is 5.32 Å². The molecule has 0 atom stereocenters. The van der Waals surface area contributed by atoms with Crippen LogP contribution in [0.15, 0.2) is 18.2 Å². The van der Waals surface area contributed by atoms with Crippen molar-refractivity contribution >= 4 is 17.5 Å². The fraction of sp³-hybridized carbons (Fsp3) is 0.300. The van der Waals surface area contributed by atoms with Crippen LogP contribution >= 0.6 is 11.6 Å². The lowest BCUT2D eigenvalue weighted by Gasteiger charge is -2.05. The zero-order valence-electron chi connectivity index (χ0n) is 7.81. The van der Waals surface area contributed by atoms with Gasteiger partial charge in [0.05, 0.1) is 10.6 Å². The predicted octanol–water partition coefficient (Wildman–Crippen LogP) is 2.62. The van der Waals surface area contributed by atoms with Crippen LogP contribution < -0.4 is 5.32 Å². The lowest BCUT2D eigenvalue weighted by molar-refractivity contribution is 0.0953.